The number of carbonyl (C=O) groups is 1. The van der Waals surface area contributed by atoms with Gasteiger partial charge < -0.3 is 19.5 Å². The predicted octanol–water partition coefficient (Wildman–Crippen LogP) is 8.20. The molecule has 0 spiro atoms. The zero-order valence-electron chi connectivity index (χ0n) is 26.7. The number of halogens is 1. The van der Waals surface area contributed by atoms with Crippen LogP contribution in [0.25, 0.3) is 27.1 Å². The summed E-state index contributed by atoms with van der Waals surface area (Å²) >= 11 is 6.45. The number of hydrogen-bond acceptors (Lipinski definition) is 7. The van der Waals surface area contributed by atoms with Crippen LogP contribution < -0.4 is 9.47 Å². The highest BCUT2D eigenvalue weighted by atomic mass is 35.5. The first-order valence-corrected chi connectivity index (χ1v) is 15.4. The van der Waals surface area contributed by atoms with Crippen molar-refractivity contribution < 1.29 is 19.4 Å². The molecule has 2 aromatic heterocycles. The second-order valence-corrected chi connectivity index (χ2v) is 11.9. The number of aliphatic hydroxyl groups is 1. The normalized spacial score (nSPS) is 11.6. The first kappa shape index (κ1) is 33.3. The Morgan fingerprint density at radius 3 is 2.30 bits per heavy atom. The third-order valence-electron chi connectivity index (χ3n) is 7.93. The largest absolute Gasteiger partial charge is 0.472 e. The van der Waals surface area contributed by atoms with Crippen LogP contribution in [-0.4, -0.2) is 46.9 Å². The van der Waals surface area contributed by atoms with Gasteiger partial charge in [-0.25, -0.2) is 4.85 Å². The van der Waals surface area contributed by atoms with E-state index in [9.17, 15) is 9.90 Å². The summed E-state index contributed by atoms with van der Waals surface area (Å²) in [6, 6.07) is 23.6. The quantitative estimate of drug-likeness (QED) is 0.108. The minimum absolute atomic E-state index is 0.0629. The summed E-state index contributed by atoms with van der Waals surface area (Å²) < 4.78 is 11.9. The fourth-order valence-corrected chi connectivity index (χ4v) is 5.61. The fraction of sp³-hybridized carbons (Fsp3) is 0.211. The molecule has 47 heavy (non-hydrogen) atoms. The molecule has 2 heterocycles. The van der Waals surface area contributed by atoms with Crippen LogP contribution in [-0.2, 0) is 13.2 Å². The Labute approximate surface area is 280 Å². The second kappa shape index (κ2) is 15.0. The van der Waals surface area contributed by atoms with Crippen molar-refractivity contribution in [3.63, 3.8) is 0 Å². The third kappa shape index (κ3) is 7.84. The summed E-state index contributed by atoms with van der Waals surface area (Å²) in [5, 5.41) is 10.7. The summed E-state index contributed by atoms with van der Waals surface area (Å²) in [6.07, 6.45) is 3.13. The van der Waals surface area contributed by atoms with Gasteiger partial charge in [0, 0.05) is 18.9 Å². The fourth-order valence-electron chi connectivity index (χ4n) is 5.39. The predicted molar refractivity (Wildman–Crippen MR) is 184 cm³/mol. The van der Waals surface area contributed by atoms with Gasteiger partial charge >= 0.3 is 0 Å². The number of likely N-dealkylation sites (N-methyl/N-ethyl adjacent to an activating group) is 1. The monoisotopic (exact) mass is 646 g/mol. The van der Waals surface area contributed by atoms with Crippen LogP contribution in [0.5, 0.6) is 11.8 Å². The van der Waals surface area contributed by atoms with Gasteiger partial charge in [-0.3, -0.25) is 9.78 Å². The molecule has 0 fully saturated rings. The van der Waals surface area contributed by atoms with Crippen LogP contribution in [0.4, 0.5) is 5.69 Å². The van der Waals surface area contributed by atoms with E-state index < -0.39 is 6.10 Å². The summed E-state index contributed by atoms with van der Waals surface area (Å²) in [6.45, 7) is 12.2. The Kier molecular flexibility index (Phi) is 10.6. The van der Waals surface area contributed by atoms with Crippen molar-refractivity contribution in [1.82, 2.24) is 14.9 Å². The van der Waals surface area contributed by atoms with Crippen LogP contribution in [0, 0.1) is 20.4 Å². The van der Waals surface area contributed by atoms with Crippen molar-refractivity contribution >= 4 is 23.6 Å². The summed E-state index contributed by atoms with van der Waals surface area (Å²) in [5.74, 6) is 0.216. The van der Waals surface area contributed by atoms with E-state index in [-0.39, 0.29) is 35.6 Å². The summed E-state index contributed by atoms with van der Waals surface area (Å²) in [4.78, 5) is 25.5. The number of benzene rings is 3. The van der Waals surface area contributed by atoms with E-state index in [1.807, 2.05) is 43.3 Å². The highest BCUT2D eigenvalue weighted by molar-refractivity contribution is 6.32. The Morgan fingerprint density at radius 1 is 0.915 bits per heavy atom. The first-order chi connectivity index (χ1) is 22.7. The maximum absolute atomic E-state index is 11.7. The standard InChI is InChI=1S/C38H35ClN4O4/c1-24-29(23-47-38-35(39)17-30(21-44)37(42-38)46-22-26-16-31(40-3)19-41-18-26)8-6-10-33(24)34-11-7-9-32(25(34)2)27-12-14-28(15-13-27)36(45)20-43(4)5/h6-19,21,36,45H,20,22-23H2,1-2,4-5H3. The van der Waals surface area contributed by atoms with Gasteiger partial charge in [0.25, 0.3) is 0 Å². The third-order valence-corrected chi connectivity index (χ3v) is 8.20. The number of nitrogens with zero attached hydrogens (tertiary/aromatic N) is 4. The van der Waals surface area contributed by atoms with E-state index in [1.165, 1.54) is 12.3 Å². The van der Waals surface area contributed by atoms with Crippen LogP contribution in [0.3, 0.4) is 0 Å². The number of rotatable bonds is 12. The molecular formula is C38H35ClN4O4. The Hall–Kier alpha value is -5.07. The van der Waals surface area contributed by atoms with Crippen molar-refractivity contribution in [2.75, 3.05) is 20.6 Å². The van der Waals surface area contributed by atoms with Gasteiger partial charge in [-0.05, 0) is 90.1 Å². The lowest BCUT2D eigenvalue weighted by Crippen LogP contribution is -2.19. The number of hydrogen-bond donors (Lipinski definition) is 1. The molecule has 0 aliphatic carbocycles. The zero-order valence-corrected chi connectivity index (χ0v) is 27.5. The number of pyridine rings is 2. The number of aldehydes is 1. The maximum atomic E-state index is 11.7. The molecule has 3 aromatic carbocycles. The van der Waals surface area contributed by atoms with E-state index in [0.717, 1.165) is 44.5 Å². The van der Waals surface area contributed by atoms with Crippen LogP contribution in [0.15, 0.2) is 85.2 Å². The van der Waals surface area contributed by atoms with Gasteiger partial charge in [0.1, 0.15) is 18.2 Å². The van der Waals surface area contributed by atoms with Gasteiger partial charge in [0.2, 0.25) is 17.4 Å². The molecule has 0 aliphatic rings. The Morgan fingerprint density at radius 2 is 1.60 bits per heavy atom. The van der Waals surface area contributed by atoms with Crippen molar-refractivity contribution in [2.45, 2.75) is 33.2 Å². The number of aliphatic hydroxyl groups excluding tert-OH is 1. The van der Waals surface area contributed by atoms with E-state index in [1.54, 1.807) is 12.3 Å². The van der Waals surface area contributed by atoms with Crippen LogP contribution in [0.2, 0.25) is 5.02 Å². The molecule has 0 aliphatic heterocycles. The molecule has 1 N–H and O–H groups in total. The van der Waals surface area contributed by atoms with E-state index in [4.69, 9.17) is 27.6 Å². The Bertz CT molecular complexity index is 1940. The number of aromatic nitrogens is 2. The zero-order chi connectivity index (χ0) is 33.5. The molecule has 0 saturated carbocycles. The molecule has 1 atom stereocenters. The smallest absolute Gasteiger partial charge is 0.236 e. The second-order valence-electron chi connectivity index (χ2n) is 11.5. The lowest BCUT2D eigenvalue weighted by Gasteiger charge is -2.18. The van der Waals surface area contributed by atoms with Gasteiger partial charge in [0.05, 0.1) is 18.2 Å². The van der Waals surface area contributed by atoms with Crippen molar-refractivity contribution in [3.8, 4) is 34.0 Å². The molecule has 8 nitrogen and oxygen atoms in total. The lowest BCUT2D eigenvalue weighted by atomic mass is 9.89. The molecule has 0 amide bonds. The highest BCUT2D eigenvalue weighted by Crippen LogP contribution is 2.36. The molecule has 0 bridgehead atoms. The summed E-state index contributed by atoms with van der Waals surface area (Å²) in [7, 11) is 3.89. The molecule has 5 rings (SSSR count). The number of ether oxygens (including phenoxy) is 2. The van der Waals surface area contributed by atoms with Crippen molar-refractivity contribution in [2.24, 2.45) is 0 Å². The van der Waals surface area contributed by atoms with Gasteiger partial charge in [-0.1, -0.05) is 72.3 Å². The van der Waals surface area contributed by atoms with E-state index in [2.05, 4.69) is 65.1 Å². The van der Waals surface area contributed by atoms with Gasteiger partial charge in [-0.2, -0.15) is 4.98 Å². The minimum atomic E-state index is -0.544. The Balaban J connectivity index is 1.36. The molecule has 238 valence electrons. The van der Waals surface area contributed by atoms with E-state index in [0.29, 0.717) is 24.1 Å². The maximum Gasteiger partial charge on any atom is 0.236 e. The molecule has 0 saturated heterocycles. The first-order valence-electron chi connectivity index (χ1n) is 15.0. The molecule has 0 radical (unpaired) electrons. The lowest BCUT2D eigenvalue weighted by molar-refractivity contribution is 0.111. The summed E-state index contributed by atoms with van der Waals surface area (Å²) in [5.41, 5.74) is 9.66. The molecule has 1 unspecified atom stereocenters. The van der Waals surface area contributed by atoms with Gasteiger partial charge in [-0.15, -0.1) is 0 Å². The molecular weight excluding hydrogens is 612 g/mol. The SMILES string of the molecule is [C-]#[N+]c1cncc(COc2nc(OCc3cccc(-c4cccc(-c5ccc(C(O)CN(C)C)cc5)c4C)c3C)c(Cl)cc2C=O)c1. The van der Waals surface area contributed by atoms with Crippen molar-refractivity contribution in [1.29, 1.82) is 0 Å². The minimum Gasteiger partial charge on any atom is -0.472 e. The van der Waals surface area contributed by atoms with Gasteiger partial charge in [0.15, 0.2) is 6.29 Å². The molecule has 5 aromatic rings. The number of carbonyl (C=O) groups excluding carboxylic acids is 1. The topological polar surface area (TPSA) is 89.1 Å². The van der Waals surface area contributed by atoms with Crippen LogP contribution in [0.1, 0.15) is 44.3 Å². The van der Waals surface area contributed by atoms with Crippen molar-refractivity contribution in [3.05, 3.63) is 135 Å². The molecule has 9 heteroatoms. The average Bonchev–Trinajstić information content (AvgIpc) is 3.07. The van der Waals surface area contributed by atoms with Crippen LogP contribution >= 0.6 is 11.6 Å². The highest BCUT2D eigenvalue weighted by Gasteiger charge is 2.17. The average molecular weight is 647 g/mol. The van der Waals surface area contributed by atoms with E-state index >= 15 is 0 Å².